The van der Waals surface area contributed by atoms with Gasteiger partial charge in [0.2, 0.25) is 0 Å². The molecule has 3 rings (SSSR count). The predicted molar refractivity (Wildman–Crippen MR) is 101 cm³/mol. The molecular formula is C22H23NO3. The van der Waals surface area contributed by atoms with Gasteiger partial charge in [0, 0.05) is 24.6 Å². The lowest BCUT2D eigenvalue weighted by atomic mass is 10.1. The molecule has 1 atom stereocenters. The van der Waals surface area contributed by atoms with Gasteiger partial charge in [-0.2, -0.15) is 0 Å². The first kappa shape index (κ1) is 18.0. The molecule has 4 heteroatoms. The van der Waals surface area contributed by atoms with E-state index < -0.39 is 5.60 Å². The third-order valence-corrected chi connectivity index (χ3v) is 4.16. The van der Waals surface area contributed by atoms with E-state index in [4.69, 9.17) is 4.74 Å². The number of hydrogen-bond donors (Lipinski definition) is 1. The molecule has 4 nitrogen and oxygen atoms in total. The SMILES string of the molecule is CN(C[C@@H]1Cc2ccccc2O1)C(=O)c1cccc(C#CC(C)(C)O)c1. The Morgan fingerprint density at radius 2 is 2.04 bits per heavy atom. The molecule has 1 aliphatic rings. The van der Waals surface area contributed by atoms with Gasteiger partial charge in [-0.3, -0.25) is 4.79 Å². The standard InChI is InChI=1S/C22H23NO3/c1-22(2,25)12-11-16-7-6-9-18(13-16)21(24)23(3)15-19-14-17-8-4-5-10-20(17)26-19/h4-10,13,19,25H,14-15H2,1-3H3/t19-/m0/s1. The number of ether oxygens (including phenoxy) is 1. The van der Waals surface area contributed by atoms with Crippen LogP contribution in [0.3, 0.4) is 0 Å². The van der Waals surface area contributed by atoms with Crippen LogP contribution in [0.5, 0.6) is 5.75 Å². The molecule has 0 fully saturated rings. The highest BCUT2D eigenvalue weighted by Crippen LogP contribution is 2.28. The molecule has 0 aliphatic carbocycles. The van der Waals surface area contributed by atoms with Crippen LogP contribution in [0.2, 0.25) is 0 Å². The fourth-order valence-electron chi connectivity index (χ4n) is 2.92. The Balaban J connectivity index is 1.66. The molecule has 0 saturated carbocycles. The highest BCUT2D eigenvalue weighted by molar-refractivity contribution is 5.94. The number of carbonyl (C=O) groups is 1. The second-order valence-corrected chi connectivity index (χ2v) is 7.13. The normalized spacial score (nSPS) is 15.5. The van der Waals surface area contributed by atoms with Crippen LogP contribution in [-0.2, 0) is 6.42 Å². The van der Waals surface area contributed by atoms with Gasteiger partial charge in [-0.05, 0) is 43.7 Å². The van der Waals surface area contributed by atoms with Crippen LogP contribution < -0.4 is 4.74 Å². The van der Waals surface area contributed by atoms with Gasteiger partial charge in [0.1, 0.15) is 17.5 Å². The average molecular weight is 349 g/mol. The largest absolute Gasteiger partial charge is 0.488 e. The topological polar surface area (TPSA) is 49.8 Å². The lowest BCUT2D eigenvalue weighted by molar-refractivity contribution is 0.0730. The van der Waals surface area contributed by atoms with Crippen molar-refractivity contribution in [1.82, 2.24) is 4.90 Å². The summed E-state index contributed by atoms with van der Waals surface area (Å²) in [5.74, 6) is 6.50. The summed E-state index contributed by atoms with van der Waals surface area (Å²) in [4.78, 5) is 14.4. The first-order chi connectivity index (χ1) is 12.3. The maximum Gasteiger partial charge on any atom is 0.253 e. The van der Waals surface area contributed by atoms with Crippen molar-refractivity contribution in [2.24, 2.45) is 0 Å². The third kappa shape index (κ3) is 4.44. The highest BCUT2D eigenvalue weighted by atomic mass is 16.5. The molecule has 0 radical (unpaired) electrons. The molecule has 26 heavy (non-hydrogen) atoms. The van der Waals surface area contributed by atoms with Crippen molar-refractivity contribution in [1.29, 1.82) is 0 Å². The number of aliphatic hydroxyl groups is 1. The van der Waals surface area contributed by atoms with Crippen LogP contribution in [0.15, 0.2) is 48.5 Å². The Morgan fingerprint density at radius 1 is 1.27 bits per heavy atom. The van der Waals surface area contributed by atoms with Crippen LogP contribution in [0.25, 0.3) is 0 Å². The summed E-state index contributed by atoms with van der Waals surface area (Å²) in [6.07, 6.45) is 0.782. The number of carbonyl (C=O) groups excluding carboxylic acids is 1. The molecule has 0 spiro atoms. The number of para-hydroxylation sites is 1. The van der Waals surface area contributed by atoms with Gasteiger partial charge in [-0.25, -0.2) is 0 Å². The van der Waals surface area contributed by atoms with E-state index in [-0.39, 0.29) is 12.0 Å². The number of likely N-dealkylation sites (N-methyl/N-ethyl adjacent to an activating group) is 1. The fourth-order valence-corrected chi connectivity index (χ4v) is 2.92. The molecule has 1 aliphatic heterocycles. The minimum Gasteiger partial charge on any atom is -0.488 e. The smallest absolute Gasteiger partial charge is 0.253 e. The Kier molecular flexibility index (Phi) is 5.01. The first-order valence-corrected chi connectivity index (χ1v) is 8.67. The van der Waals surface area contributed by atoms with Crippen LogP contribution in [0, 0.1) is 11.8 Å². The Hall–Kier alpha value is -2.77. The highest BCUT2D eigenvalue weighted by Gasteiger charge is 2.25. The maximum atomic E-state index is 12.7. The Bertz CT molecular complexity index is 846. The first-order valence-electron chi connectivity index (χ1n) is 8.67. The van der Waals surface area contributed by atoms with Gasteiger partial charge in [0.25, 0.3) is 5.91 Å². The van der Waals surface area contributed by atoms with Crippen molar-refractivity contribution in [3.8, 4) is 17.6 Å². The molecule has 0 aromatic heterocycles. The molecule has 0 saturated heterocycles. The predicted octanol–water partition coefficient (Wildman–Crippen LogP) is 2.88. The molecule has 0 bridgehead atoms. The van der Waals surface area contributed by atoms with Crippen molar-refractivity contribution < 1.29 is 14.6 Å². The van der Waals surface area contributed by atoms with E-state index >= 15 is 0 Å². The van der Waals surface area contributed by atoms with Crippen molar-refractivity contribution in [2.75, 3.05) is 13.6 Å². The van der Waals surface area contributed by atoms with E-state index in [1.54, 1.807) is 44.0 Å². The van der Waals surface area contributed by atoms with Gasteiger partial charge in [-0.15, -0.1) is 0 Å². The molecule has 1 N–H and O–H groups in total. The number of rotatable bonds is 3. The third-order valence-electron chi connectivity index (χ3n) is 4.16. The Morgan fingerprint density at radius 3 is 2.77 bits per heavy atom. The van der Waals surface area contributed by atoms with Crippen LogP contribution in [0.4, 0.5) is 0 Å². The van der Waals surface area contributed by atoms with E-state index in [0.29, 0.717) is 17.7 Å². The molecule has 0 unspecified atom stereocenters. The zero-order chi connectivity index (χ0) is 18.7. The molecule has 2 aromatic rings. The van der Waals surface area contributed by atoms with Crippen molar-refractivity contribution >= 4 is 5.91 Å². The molecule has 2 aromatic carbocycles. The summed E-state index contributed by atoms with van der Waals surface area (Å²) in [6.45, 7) is 3.78. The van der Waals surface area contributed by atoms with E-state index in [9.17, 15) is 9.90 Å². The van der Waals surface area contributed by atoms with Crippen LogP contribution in [-0.4, -0.2) is 41.2 Å². The number of hydrogen-bond acceptors (Lipinski definition) is 3. The number of nitrogens with zero attached hydrogens (tertiary/aromatic N) is 1. The maximum absolute atomic E-state index is 12.7. The van der Waals surface area contributed by atoms with Crippen LogP contribution >= 0.6 is 0 Å². The summed E-state index contributed by atoms with van der Waals surface area (Å²) in [6, 6.07) is 15.1. The minimum atomic E-state index is -1.06. The number of fused-ring (bicyclic) bond motifs is 1. The molecule has 1 amide bonds. The molecule has 1 heterocycles. The molecule has 134 valence electrons. The lowest BCUT2D eigenvalue weighted by Gasteiger charge is -2.21. The minimum absolute atomic E-state index is 0.0282. The van der Waals surface area contributed by atoms with E-state index in [2.05, 4.69) is 17.9 Å². The van der Waals surface area contributed by atoms with Gasteiger partial charge in [0.05, 0.1) is 6.54 Å². The monoisotopic (exact) mass is 349 g/mol. The average Bonchev–Trinajstić information content (AvgIpc) is 3.01. The number of benzene rings is 2. The summed E-state index contributed by atoms with van der Waals surface area (Å²) < 4.78 is 5.92. The summed E-state index contributed by atoms with van der Waals surface area (Å²) in [7, 11) is 1.78. The summed E-state index contributed by atoms with van der Waals surface area (Å²) >= 11 is 0. The van der Waals surface area contributed by atoms with E-state index in [1.807, 2.05) is 24.3 Å². The van der Waals surface area contributed by atoms with Gasteiger partial charge < -0.3 is 14.7 Å². The lowest BCUT2D eigenvalue weighted by Crippen LogP contribution is -2.36. The second kappa shape index (κ2) is 7.23. The molecular weight excluding hydrogens is 326 g/mol. The van der Waals surface area contributed by atoms with E-state index in [0.717, 1.165) is 12.2 Å². The fraction of sp³-hybridized carbons (Fsp3) is 0.318. The quantitative estimate of drug-likeness (QED) is 0.867. The summed E-state index contributed by atoms with van der Waals surface area (Å²) in [5.41, 5.74) is 1.40. The second-order valence-electron chi connectivity index (χ2n) is 7.13. The number of amides is 1. The van der Waals surface area contributed by atoms with Crippen molar-refractivity contribution in [3.63, 3.8) is 0 Å². The zero-order valence-electron chi connectivity index (χ0n) is 15.3. The summed E-state index contributed by atoms with van der Waals surface area (Å²) in [5, 5.41) is 9.72. The van der Waals surface area contributed by atoms with Gasteiger partial charge >= 0.3 is 0 Å². The zero-order valence-corrected chi connectivity index (χ0v) is 15.3. The van der Waals surface area contributed by atoms with Crippen LogP contribution in [0.1, 0.15) is 35.3 Å². The Labute approximate surface area is 154 Å². The van der Waals surface area contributed by atoms with Crippen molar-refractivity contribution in [2.45, 2.75) is 32.0 Å². The van der Waals surface area contributed by atoms with E-state index in [1.165, 1.54) is 5.56 Å². The van der Waals surface area contributed by atoms with Gasteiger partial charge in [0.15, 0.2) is 0 Å². The van der Waals surface area contributed by atoms with Crippen molar-refractivity contribution in [3.05, 3.63) is 65.2 Å². The van der Waals surface area contributed by atoms with Gasteiger partial charge in [-0.1, -0.05) is 36.1 Å².